The average molecular weight is 352 g/mol. The van der Waals surface area contributed by atoms with Gasteiger partial charge < -0.3 is 24.4 Å². The molecule has 2 amide bonds. The number of benzene rings is 1. The van der Waals surface area contributed by atoms with Gasteiger partial charge in [0.05, 0.1) is 47.0 Å². The van der Waals surface area contributed by atoms with Gasteiger partial charge in [0.25, 0.3) is 5.91 Å². The molecule has 8 nitrogen and oxygen atoms in total. The van der Waals surface area contributed by atoms with Crippen LogP contribution in [0.15, 0.2) is 18.2 Å². The molecule has 0 aliphatic carbocycles. The lowest BCUT2D eigenvalue weighted by Gasteiger charge is -2.31. The van der Waals surface area contributed by atoms with Crippen molar-refractivity contribution in [3.8, 4) is 11.5 Å². The second-order valence-corrected chi connectivity index (χ2v) is 5.73. The number of carbonyl (C=O) groups is 2. The van der Waals surface area contributed by atoms with Gasteiger partial charge in [0.2, 0.25) is 0 Å². The quantitative estimate of drug-likeness (QED) is 0.753. The van der Waals surface area contributed by atoms with Crippen molar-refractivity contribution in [2.75, 3.05) is 58.9 Å². The van der Waals surface area contributed by atoms with Crippen LogP contribution in [-0.2, 0) is 9.53 Å². The number of piperazine rings is 1. The smallest absolute Gasteiger partial charge is 0.410 e. The van der Waals surface area contributed by atoms with Crippen molar-refractivity contribution < 1.29 is 28.7 Å². The molecule has 1 aliphatic rings. The number of amides is 2. The lowest BCUT2D eigenvalue weighted by atomic mass is 10.2. The molecular formula is C17H26N3O5+. The Hall–Kier alpha value is -2.48. The fourth-order valence-corrected chi connectivity index (χ4v) is 2.74. The minimum atomic E-state index is -0.281. The number of hydrogen-bond donors (Lipinski definition) is 2. The first-order chi connectivity index (χ1) is 12.1. The first kappa shape index (κ1) is 18.9. The molecule has 1 aliphatic heterocycles. The van der Waals surface area contributed by atoms with Crippen molar-refractivity contribution in [1.82, 2.24) is 4.90 Å². The van der Waals surface area contributed by atoms with Crippen LogP contribution in [0, 0.1) is 0 Å². The summed E-state index contributed by atoms with van der Waals surface area (Å²) in [5, 5.41) is 2.87. The number of anilines is 1. The molecule has 138 valence electrons. The van der Waals surface area contributed by atoms with E-state index < -0.39 is 0 Å². The van der Waals surface area contributed by atoms with Crippen molar-refractivity contribution in [1.29, 1.82) is 0 Å². The fourth-order valence-electron chi connectivity index (χ4n) is 2.74. The van der Waals surface area contributed by atoms with E-state index >= 15 is 0 Å². The van der Waals surface area contributed by atoms with Crippen molar-refractivity contribution in [2.24, 2.45) is 0 Å². The van der Waals surface area contributed by atoms with Crippen LogP contribution in [0.2, 0.25) is 0 Å². The van der Waals surface area contributed by atoms with Crippen molar-refractivity contribution in [3.63, 3.8) is 0 Å². The topological polar surface area (TPSA) is 81.5 Å². The molecule has 2 rings (SSSR count). The third-order valence-corrected chi connectivity index (χ3v) is 4.07. The molecule has 1 aromatic rings. The fraction of sp³-hybridized carbons (Fsp3) is 0.529. The van der Waals surface area contributed by atoms with Crippen LogP contribution in [-0.4, -0.2) is 70.5 Å². The first-order valence-electron chi connectivity index (χ1n) is 8.34. The van der Waals surface area contributed by atoms with Gasteiger partial charge in [0.15, 0.2) is 18.0 Å². The molecule has 0 atom stereocenters. The van der Waals surface area contributed by atoms with Crippen molar-refractivity contribution >= 4 is 17.7 Å². The first-order valence-corrected chi connectivity index (χ1v) is 8.34. The van der Waals surface area contributed by atoms with E-state index in [1.807, 2.05) is 0 Å². The Morgan fingerprint density at radius 3 is 2.44 bits per heavy atom. The number of ether oxygens (including phenoxy) is 3. The molecule has 8 heteroatoms. The SMILES string of the molecule is CCOC(=O)N1CC[NH+](CC(=O)Nc2ccc(OC)c(OC)c2)CC1. The number of quaternary nitrogens is 1. The summed E-state index contributed by atoms with van der Waals surface area (Å²) >= 11 is 0. The highest BCUT2D eigenvalue weighted by Crippen LogP contribution is 2.29. The molecule has 2 N–H and O–H groups in total. The number of rotatable bonds is 6. The molecule has 0 aromatic heterocycles. The summed E-state index contributed by atoms with van der Waals surface area (Å²) in [5.41, 5.74) is 0.659. The van der Waals surface area contributed by atoms with E-state index in [1.165, 1.54) is 0 Å². The molecule has 1 fully saturated rings. The molecule has 0 spiro atoms. The predicted octanol–water partition coefficient (Wildman–Crippen LogP) is -0.000700. The summed E-state index contributed by atoms with van der Waals surface area (Å²) in [6.45, 7) is 5.15. The highest BCUT2D eigenvalue weighted by atomic mass is 16.6. The number of nitrogens with zero attached hydrogens (tertiary/aromatic N) is 1. The van der Waals surface area contributed by atoms with E-state index in [2.05, 4.69) is 5.32 Å². The van der Waals surface area contributed by atoms with Gasteiger partial charge in [-0.05, 0) is 19.1 Å². The largest absolute Gasteiger partial charge is 0.493 e. The standard InChI is InChI=1S/C17H25N3O5/c1-4-25-17(22)20-9-7-19(8-10-20)12-16(21)18-13-5-6-14(23-2)15(11-13)24-3/h5-6,11H,4,7-10,12H2,1-3H3,(H,18,21)/p+1. The van der Waals surface area contributed by atoms with Crippen LogP contribution in [0.25, 0.3) is 0 Å². The van der Waals surface area contributed by atoms with Gasteiger partial charge in [-0.15, -0.1) is 0 Å². The Morgan fingerprint density at radius 1 is 1.16 bits per heavy atom. The van der Waals surface area contributed by atoms with Gasteiger partial charge in [-0.1, -0.05) is 0 Å². The van der Waals surface area contributed by atoms with Gasteiger partial charge >= 0.3 is 6.09 Å². The second kappa shape index (κ2) is 9.12. The zero-order chi connectivity index (χ0) is 18.2. The maximum Gasteiger partial charge on any atom is 0.410 e. The Bertz CT molecular complexity index is 600. The van der Waals surface area contributed by atoms with Gasteiger partial charge in [0.1, 0.15) is 0 Å². The van der Waals surface area contributed by atoms with E-state index in [9.17, 15) is 9.59 Å². The normalized spacial score (nSPS) is 14.8. The Kier molecular flexibility index (Phi) is 6.88. The minimum Gasteiger partial charge on any atom is -0.493 e. The summed E-state index contributed by atoms with van der Waals surface area (Å²) in [6, 6.07) is 5.25. The van der Waals surface area contributed by atoms with E-state index in [0.29, 0.717) is 43.4 Å². The van der Waals surface area contributed by atoms with E-state index in [-0.39, 0.29) is 12.0 Å². The van der Waals surface area contributed by atoms with Crippen molar-refractivity contribution in [3.05, 3.63) is 18.2 Å². The zero-order valence-corrected chi connectivity index (χ0v) is 15.0. The molecule has 0 unspecified atom stereocenters. The predicted molar refractivity (Wildman–Crippen MR) is 92.3 cm³/mol. The highest BCUT2D eigenvalue weighted by Gasteiger charge is 2.25. The molecule has 1 heterocycles. The van der Waals surface area contributed by atoms with Crippen LogP contribution < -0.4 is 19.7 Å². The van der Waals surface area contributed by atoms with Crippen LogP contribution in [0.1, 0.15) is 6.92 Å². The summed E-state index contributed by atoms with van der Waals surface area (Å²) < 4.78 is 15.4. The number of carbonyl (C=O) groups excluding carboxylic acids is 2. The zero-order valence-electron chi connectivity index (χ0n) is 15.0. The highest BCUT2D eigenvalue weighted by molar-refractivity contribution is 5.91. The molecule has 25 heavy (non-hydrogen) atoms. The molecule has 0 bridgehead atoms. The summed E-state index contributed by atoms with van der Waals surface area (Å²) in [7, 11) is 3.12. The third kappa shape index (κ3) is 5.25. The molecular weight excluding hydrogens is 326 g/mol. The van der Waals surface area contributed by atoms with Gasteiger partial charge in [0, 0.05) is 11.8 Å². The van der Waals surface area contributed by atoms with E-state index in [4.69, 9.17) is 14.2 Å². The maximum atomic E-state index is 12.2. The second-order valence-electron chi connectivity index (χ2n) is 5.73. The van der Waals surface area contributed by atoms with Crippen molar-refractivity contribution in [2.45, 2.75) is 6.92 Å². The average Bonchev–Trinajstić information content (AvgIpc) is 2.62. The molecule has 0 radical (unpaired) electrons. The Balaban J connectivity index is 1.82. The number of methoxy groups -OCH3 is 2. The minimum absolute atomic E-state index is 0.0770. The molecule has 0 saturated carbocycles. The van der Waals surface area contributed by atoms with E-state index in [1.54, 1.807) is 44.2 Å². The molecule has 1 aromatic carbocycles. The Morgan fingerprint density at radius 2 is 1.84 bits per heavy atom. The monoisotopic (exact) mass is 352 g/mol. The third-order valence-electron chi connectivity index (χ3n) is 4.07. The summed E-state index contributed by atoms with van der Waals surface area (Å²) in [6.07, 6.45) is -0.281. The maximum absolute atomic E-state index is 12.2. The van der Waals surface area contributed by atoms with Gasteiger partial charge in [-0.25, -0.2) is 4.79 Å². The van der Waals surface area contributed by atoms with Crippen LogP contribution in [0.3, 0.4) is 0 Å². The summed E-state index contributed by atoms with van der Waals surface area (Å²) in [4.78, 5) is 26.7. The van der Waals surface area contributed by atoms with E-state index in [0.717, 1.165) is 18.0 Å². The molecule has 1 saturated heterocycles. The van der Waals surface area contributed by atoms with Crippen LogP contribution in [0.4, 0.5) is 10.5 Å². The number of hydrogen-bond acceptors (Lipinski definition) is 5. The van der Waals surface area contributed by atoms with Crippen LogP contribution in [0.5, 0.6) is 11.5 Å². The number of nitrogens with one attached hydrogen (secondary N) is 2. The summed E-state index contributed by atoms with van der Waals surface area (Å²) in [5.74, 6) is 1.10. The Labute approximate surface area is 147 Å². The van der Waals surface area contributed by atoms with Gasteiger partial charge in [-0.3, -0.25) is 9.69 Å². The lowest BCUT2D eigenvalue weighted by molar-refractivity contribution is -0.895. The van der Waals surface area contributed by atoms with Gasteiger partial charge in [-0.2, -0.15) is 0 Å². The van der Waals surface area contributed by atoms with Crippen LogP contribution >= 0.6 is 0 Å². The lowest BCUT2D eigenvalue weighted by Crippen LogP contribution is -3.15.